The number of hydrogen-bond donors (Lipinski definition) is 1. The van der Waals surface area contributed by atoms with E-state index in [0.29, 0.717) is 4.91 Å². The van der Waals surface area contributed by atoms with Gasteiger partial charge in [-0.15, -0.1) is 0 Å². The van der Waals surface area contributed by atoms with Crippen LogP contribution < -0.4 is 4.90 Å². The highest BCUT2D eigenvalue weighted by atomic mass is 32.2. The predicted octanol–water partition coefficient (Wildman–Crippen LogP) is 4.18. The molecule has 0 atom stereocenters. The molecule has 0 spiro atoms. The van der Waals surface area contributed by atoms with Gasteiger partial charge in [0.1, 0.15) is 0 Å². The molecular formula is C24H23N5OS. The number of H-pyrrole nitrogens is 1. The van der Waals surface area contributed by atoms with E-state index in [4.69, 9.17) is 0 Å². The summed E-state index contributed by atoms with van der Waals surface area (Å²) in [6.45, 7) is 5.64. The molecule has 0 aliphatic carbocycles. The van der Waals surface area contributed by atoms with E-state index in [1.54, 1.807) is 6.20 Å². The van der Waals surface area contributed by atoms with Gasteiger partial charge in [-0.2, -0.15) is 10.1 Å². The molecule has 1 aromatic heterocycles. The van der Waals surface area contributed by atoms with Crippen molar-refractivity contribution in [3.8, 4) is 11.3 Å². The normalized spacial score (nSPS) is 18.0. The van der Waals surface area contributed by atoms with Crippen LogP contribution in [-0.4, -0.2) is 52.4 Å². The number of amides is 1. The summed E-state index contributed by atoms with van der Waals surface area (Å²) in [5, 5.41) is 8.01. The first-order valence-corrected chi connectivity index (χ1v) is 11.2. The first kappa shape index (κ1) is 19.6. The number of nitrogens with zero attached hydrogens (tertiary/aromatic N) is 4. The van der Waals surface area contributed by atoms with E-state index in [1.807, 2.05) is 36.4 Å². The summed E-state index contributed by atoms with van der Waals surface area (Å²) in [5.41, 5.74) is 5.36. The van der Waals surface area contributed by atoms with Crippen molar-refractivity contribution in [2.45, 2.75) is 6.92 Å². The molecular weight excluding hydrogens is 406 g/mol. The van der Waals surface area contributed by atoms with E-state index in [2.05, 4.69) is 56.2 Å². The smallest absolute Gasteiger partial charge is 0.286 e. The van der Waals surface area contributed by atoms with Crippen molar-refractivity contribution in [1.82, 2.24) is 15.1 Å². The lowest BCUT2D eigenvalue weighted by Gasteiger charge is -2.36. The Morgan fingerprint density at radius 1 is 1.00 bits per heavy atom. The number of piperazine rings is 1. The van der Waals surface area contributed by atoms with Crippen LogP contribution in [0.1, 0.15) is 11.1 Å². The maximum atomic E-state index is 12.6. The maximum Gasteiger partial charge on any atom is 0.286 e. The number of aryl methyl sites for hydroxylation is 1. The number of hydrogen-bond acceptors (Lipinski definition) is 5. The van der Waals surface area contributed by atoms with Crippen molar-refractivity contribution in [3.05, 3.63) is 76.8 Å². The van der Waals surface area contributed by atoms with Gasteiger partial charge in [-0.3, -0.25) is 9.89 Å². The fourth-order valence-electron chi connectivity index (χ4n) is 3.90. The van der Waals surface area contributed by atoms with Crippen molar-refractivity contribution in [2.75, 3.05) is 31.1 Å². The predicted molar refractivity (Wildman–Crippen MR) is 127 cm³/mol. The van der Waals surface area contributed by atoms with Gasteiger partial charge >= 0.3 is 0 Å². The number of aromatic amines is 1. The largest absolute Gasteiger partial charge is 0.368 e. The lowest BCUT2D eigenvalue weighted by Crippen LogP contribution is -2.47. The molecule has 0 radical (unpaired) electrons. The van der Waals surface area contributed by atoms with Crippen molar-refractivity contribution < 1.29 is 4.79 Å². The average Bonchev–Trinajstić information content (AvgIpc) is 3.41. The summed E-state index contributed by atoms with van der Waals surface area (Å²) >= 11 is 1.45. The van der Waals surface area contributed by atoms with Gasteiger partial charge in [0, 0.05) is 43.0 Å². The molecule has 7 heteroatoms. The van der Waals surface area contributed by atoms with Crippen molar-refractivity contribution in [1.29, 1.82) is 0 Å². The zero-order valence-corrected chi connectivity index (χ0v) is 18.1. The Morgan fingerprint density at radius 3 is 2.55 bits per heavy atom. The third kappa shape index (κ3) is 4.14. The molecule has 0 saturated carbocycles. The molecule has 1 fully saturated rings. The third-order valence-corrected chi connectivity index (χ3v) is 6.59. The number of benzene rings is 2. The molecule has 1 amide bonds. The summed E-state index contributed by atoms with van der Waals surface area (Å²) in [7, 11) is 0. The first-order chi connectivity index (χ1) is 15.2. The van der Waals surface area contributed by atoms with E-state index in [9.17, 15) is 4.79 Å². The molecule has 0 bridgehead atoms. The Balaban J connectivity index is 1.27. The molecule has 156 valence electrons. The molecule has 31 heavy (non-hydrogen) atoms. The fraction of sp³-hybridized carbons (Fsp3) is 0.208. The number of nitrogens with one attached hydrogen (secondary N) is 1. The van der Waals surface area contributed by atoms with Gasteiger partial charge < -0.3 is 9.80 Å². The minimum absolute atomic E-state index is 0.179. The summed E-state index contributed by atoms with van der Waals surface area (Å²) in [4.78, 5) is 22.2. The third-order valence-electron chi connectivity index (χ3n) is 5.54. The summed E-state index contributed by atoms with van der Waals surface area (Å²) in [6, 6.07) is 18.6. The Morgan fingerprint density at radius 2 is 1.77 bits per heavy atom. The van der Waals surface area contributed by atoms with E-state index in [1.165, 1.54) is 23.0 Å². The Kier molecular flexibility index (Phi) is 5.34. The van der Waals surface area contributed by atoms with Gasteiger partial charge in [-0.25, -0.2) is 0 Å². The Bertz CT molecular complexity index is 1160. The van der Waals surface area contributed by atoms with Crippen LogP contribution >= 0.6 is 11.8 Å². The average molecular weight is 430 g/mol. The second kappa shape index (κ2) is 8.43. The lowest BCUT2D eigenvalue weighted by molar-refractivity contribution is -0.113. The summed E-state index contributed by atoms with van der Waals surface area (Å²) in [6.07, 6.45) is 3.64. The highest BCUT2D eigenvalue weighted by Gasteiger charge is 2.29. The van der Waals surface area contributed by atoms with Crippen LogP contribution in [0.15, 0.2) is 70.7 Å². The highest BCUT2D eigenvalue weighted by Crippen LogP contribution is 2.33. The molecule has 2 aliphatic heterocycles. The van der Waals surface area contributed by atoms with Crippen LogP contribution in [0, 0.1) is 6.92 Å². The number of carbonyl (C=O) groups is 1. The van der Waals surface area contributed by atoms with Crippen molar-refractivity contribution >= 4 is 34.6 Å². The molecule has 6 nitrogen and oxygen atoms in total. The van der Waals surface area contributed by atoms with Crippen LogP contribution in [0.2, 0.25) is 0 Å². The molecule has 1 N–H and O–H groups in total. The van der Waals surface area contributed by atoms with E-state index >= 15 is 0 Å². The van der Waals surface area contributed by atoms with Gasteiger partial charge in [-0.1, -0.05) is 42.5 Å². The number of aliphatic imine (C=N–C) groups is 1. The Labute approximate surface area is 185 Å². The summed E-state index contributed by atoms with van der Waals surface area (Å²) < 4.78 is 0. The maximum absolute atomic E-state index is 12.6. The molecule has 3 aromatic rings. The lowest BCUT2D eigenvalue weighted by atomic mass is 10.1. The van der Waals surface area contributed by atoms with Crippen LogP contribution in [0.25, 0.3) is 17.3 Å². The zero-order chi connectivity index (χ0) is 21.2. The molecule has 2 aromatic carbocycles. The topological polar surface area (TPSA) is 64.6 Å². The van der Waals surface area contributed by atoms with E-state index in [0.717, 1.165) is 48.2 Å². The van der Waals surface area contributed by atoms with Crippen LogP contribution in [0.3, 0.4) is 0 Å². The van der Waals surface area contributed by atoms with Gasteiger partial charge in [0.2, 0.25) is 0 Å². The zero-order valence-electron chi connectivity index (χ0n) is 17.3. The fourth-order valence-corrected chi connectivity index (χ4v) is 4.85. The van der Waals surface area contributed by atoms with Crippen LogP contribution in [-0.2, 0) is 4.79 Å². The number of rotatable bonds is 3. The SMILES string of the molecule is Cc1cccc(N2CCN(C3=NC(=O)/C(=C/c4cn[nH]c4-c4ccccc4)S3)CC2)c1. The van der Waals surface area contributed by atoms with Gasteiger partial charge in [0.15, 0.2) is 5.17 Å². The van der Waals surface area contributed by atoms with E-state index < -0.39 is 0 Å². The number of anilines is 1. The molecule has 5 rings (SSSR count). The molecule has 3 heterocycles. The number of aromatic nitrogens is 2. The van der Waals surface area contributed by atoms with Gasteiger partial charge in [0.25, 0.3) is 5.91 Å². The number of carbonyl (C=O) groups excluding carboxylic acids is 1. The molecule has 0 unspecified atom stereocenters. The number of amidine groups is 1. The minimum Gasteiger partial charge on any atom is -0.368 e. The Hall–Kier alpha value is -3.32. The van der Waals surface area contributed by atoms with Crippen molar-refractivity contribution in [2.24, 2.45) is 4.99 Å². The molecule has 1 saturated heterocycles. The monoisotopic (exact) mass is 429 g/mol. The standard InChI is InChI=1S/C24H23N5OS/c1-17-6-5-9-20(14-17)28-10-12-29(13-11-28)24-26-23(30)21(31-24)15-19-16-25-27-22(19)18-7-3-2-4-8-18/h2-9,14-16H,10-13H2,1H3,(H,25,27)/b21-15-. The quantitative estimate of drug-likeness (QED) is 0.633. The molecule has 2 aliphatic rings. The minimum atomic E-state index is -0.179. The van der Waals surface area contributed by atoms with Crippen LogP contribution in [0.5, 0.6) is 0 Å². The van der Waals surface area contributed by atoms with Gasteiger partial charge in [-0.05, 0) is 42.5 Å². The van der Waals surface area contributed by atoms with E-state index in [-0.39, 0.29) is 5.91 Å². The highest BCUT2D eigenvalue weighted by molar-refractivity contribution is 8.18. The first-order valence-electron chi connectivity index (χ1n) is 10.4. The van der Waals surface area contributed by atoms with Crippen LogP contribution in [0.4, 0.5) is 5.69 Å². The summed E-state index contributed by atoms with van der Waals surface area (Å²) in [5.74, 6) is -0.179. The second-order valence-electron chi connectivity index (χ2n) is 7.69. The van der Waals surface area contributed by atoms with Crippen molar-refractivity contribution in [3.63, 3.8) is 0 Å². The second-order valence-corrected chi connectivity index (χ2v) is 8.70. The number of thioether (sulfide) groups is 1. The van der Waals surface area contributed by atoms with Gasteiger partial charge in [0.05, 0.1) is 16.8 Å².